The van der Waals surface area contributed by atoms with Crippen LogP contribution < -0.4 is 5.32 Å². The van der Waals surface area contributed by atoms with Crippen LogP contribution in [0.3, 0.4) is 0 Å². The van der Waals surface area contributed by atoms with E-state index in [9.17, 15) is 4.79 Å². The third kappa shape index (κ3) is 4.86. The average Bonchev–Trinajstić information content (AvgIpc) is 2.46. The minimum atomic E-state index is -0.0519. The first kappa shape index (κ1) is 14.3. The molecule has 0 spiro atoms. The van der Waals surface area contributed by atoms with Crippen molar-refractivity contribution in [3.05, 3.63) is 65.7 Å². The molecule has 20 heavy (non-hydrogen) atoms. The molecule has 2 rings (SSSR count). The topological polar surface area (TPSA) is 38.3 Å². The lowest BCUT2D eigenvalue weighted by molar-refractivity contribution is -0.114. The van der Waals surface area contributed by atoms with Crippen molar-refractivity contribution in [1.82, 2.24) is 0 Å². The SMILES string of the molecule is CC(=O)Nc1ccc(CCOCc2ccccc2)cc1. The zero-order valence-electron chi connectivity index (χ0n) is 11.6. The molecule has 0 aliphatic heterocycles. The highest BCUT2D eigenvalue weighted by Gasteiger charge is 1.97. The van der Waals surface area contributed by atoms with Crippen molar-refractivity contribution in [2.45, 2.75) is 20.0 Å². The van der Waals surface area contributed by atoms with Crippen molar-refractivity contribution in [2.75, 3.05) is 11.9 Å². The number of anilines is 1. The van der Waals surface area contributed by atoms with Gasteiger partial charge < -0.3 is 10.1 Å². The Morgan fingerprint density at radius 2 is 1.70 bits per heavy atom. The van der Waals surface area contributed by atoms with Crippen LogP contribution in [0, 0.1) is 0 Å². The van der Waals surface area contributed by atoms with Gasteiger partial charge in [-0.25, -0.2) is 0 Å². The Morgan fingerprint density at radius 3 is 2.35 bits per heavy atom. The number of ether oxygens (including phenoxy) is 1. The molecule has 1 N–H and O–H groups in total. The van der Waals surface area contributed by atoms with E-state index in [0.717, 1.165) is 12.1 Å². The van der Waals surface area contributed by atoms with Gasteiger partial charge in [0.2, 0.25) is 5.91 Å². The lowest BCUT2D eigenvalue weighted by Gasteiger charge is -2.06. The van der Waals surface area contributed by atoms with Gasteiger partial charge in [0.1, 0.15) is 0 Å². The average molecular weight is 269 g/mol. The Morgan fingerprint density at radius 1 is 1.00 bits per heavy atom. The van der Waals surface area contributed by atoms with Crippen LogP contribution in [-0.4, -0.2) is 12.5 Å². The molecule has 3 nitrogen and oxygen atoms in total. The van der Waals surface area contributed by atoms with Gasteiger partial charge in [0, 0.05) is 12.6 Å². The van der Waals surface area contributed by atoms with E-state index < -0.39 is 0 Å². The molecule has 0 heterocycles. The molecule has 0 saturated carbocycles. The summed E-state index contributed by atoms with van der Waals surface area (Å²) in [6, 6.07) is 18.0. The first-order chi connectivity index (χ1) is 9.74. The molecule has 0 radical (unpaired) electrons. The maximum absolute atomic E-state index is 10.9. The molecule has 0 fully saturated rings. The van der Waals surface area contributed by atoms with Crippen LogP contribution in [0.15, 0.2) is 54.6 Å². The van der Waals surface area contributed by atoms with E-state index in [1.807, 2.05) is 42.5 Å². The summed E-state index contributed by atoms with van der Waals surface area (Å²) < 4.78 is 5.65. The lowest BCUT2D eigenvalue weighted by atomic mass is 10.1. The second-order valence-corrected chi connectivity index (χ2v) is 4.67. The zero-order chi connectivity index (χ0) is 14.2. The van der Waals surface area contributed by atoms with E-state index in [-0.39, 0.29) is 5.91 Å². The van der Waals surface area contributed by atoms with Crippen LogP contribution in [0.2, 0.25) is 0 Å². The number of carbonyl (C=O) groups is 1. The summed E-state index contributed by atoms with van der Waals surface area (Å²) in [5.41, 5.74) is 3.21. The van der Waals surface area contributed by atoms with Gasteiger partial charge in [-0.05, 0) is 29.7 Å². The first-order valence-corrected chi connectivity index (χ1v) is 6.72. The molecule has 2 aromatic carbocycles. The number of hydrogen-bond donors (Lipinski definition) is 1. The molecule has 2 aromatic rings. The maximum Gasteiger partial charge on any atom is 0.221 e. The highest BCUT2D eigenvalue weighted by Crippen LogP contribution is 2.10. The van der Waals surface area contributed by atoms with E-state index in [2.05, 4.69) is 17.4 Å². The van der Waals surface area contributed by atoms with E-state index in [1.54, 1.807) is 0 Å². The molecule has 0 aromatic heterocycles. The fourth-order valence-electron chi connectivity index (χ4n) is 1.91. The summed E-state index contributed by atoms with van der Waals surface area (Å²) >= 11 is 0. The molecular formula is C17H19NO2. The van der Waals surface area contributed by atoms with Crippen LogP contribution >= 0.6 is 0 Å². The number of carbonyl (C=O) groups excluding carboxylic acids is 1. The summed E-state index contributed by atoms with van der Waals surface area (Å²) in [4.78, 5) is 10.9. The number of nitrogens with one attached hydrogen (secondary N) is 1. The van der Waals surface area contributed by atoms with Crippen molar-refractivity contribution in [2.24, 2.45) is 0 Å². The van der Waals surface area contributed by atoms with Gasteiger partial charge in [0.25, 0.3) is 0 Å². The lowest BCUT2D eigenvalue weighted by Crippen LogP contribution is -2.05. The summed E-state index contributed by atoms with van der Waals surface area (Å²) in [5.74, 6) is -0.0519. The molecular weight excluding hydrogens is 250 g/mol. The molecule has 3 heteroatoms. The van der Waals surface area contributed by atoms with Crippen LogP contribution in [0.25, 0.3) is 0 Å². The van der Waals surface area contributed by atoms with Gasteiger partial charge in [0.15, 0.2) is 0 Å². The Balaban J connectivity index is 1.73. The molecule has 1 amide bonds. The quantitative estimate of drug-likeness (QED) is 0.816. The summed E-state index contributed by atoms with van der Waals surface area (Å²) in [5, 5.41) is 2.75. The van der Waals surface area contributed by atoms with Crippen molar-refractivity contribution in [3.8, 4) is 0 Å². The predicted molar refractivity (Wildman–Crippen MR) is 80.5 cm³/mol. The molecule has 0 atom stereocenters. The first-order valence-electron chi connectivity index (χ1n) is 6.72. The van der Waals surface area contributed by atoms with Crippen LogP contribution in [0.1, 0.15) is 18.1 Å². The molecule has 0 saturated heterocycles. The molecule has 0 bridgehead atoms. The fourth-order valence-corrected chi connectivity index (χ4v) is 1.91. The molecule has 0 aliphatic carbocycles. The van der Waals surface area contributed by atoms with E-state index in [0.29, 0.717) is 13.2 Å². The standard InChI is InChI=1S/C17H19NO2/c1-14(19)18-17-9-7-15(8-10-17)11-12-20-13-16-5-3-2-4-6-16/h2-10H,11-13H2,1H3,(H,18,19). The van der Waals surface area contributed by atoms with Crippen molar-refractivity contribution < 1.29 is 9.53 Å². The second kappa shape index (κ2) is 7.46. The van der Waals surface area contributed by atoms with Crippen LogP contribution in [-0.2, 0) is 22.6 Å². The zero-order valence-corrected chi connectivity index (χ0v) is 11.6. The second-order valence-electron chi connectivity index (χ2n) is 4.67. The highest BCUT2D eigenvalue weighted by atomic mass is 16.5. The smallest absolute Gasteiger partial charge is 0.221 e. The molecule has 0 unspecified atom stereocenters. The summed E-state index contributed by atoms with van der Waals surface area (Å²) in [6.07, 6.45) is 0.868. The van der Waals surface area contributed by atoms with E-state index >= 15 is 0 Å². The monoisotopic (exact) mass is 269 g/mol. The fraction of sp³-hybridized carbons (Fsp3) is 0.235. The Hall–Kier alpha value is -2.13. The minimum absolute atomic E-state index is 0.0519. The normalized spacial score (nSPS) is 10.2. The van der Waals surface area contributed by atoms with Gasteiger partial charge in [-0.2, -0.15) is 0 Å². The predicted octanol–water partition coefficient (Wildman–Crippen LogP) is 3.40. The molecule has 104 valence electrons. The maximum atomic E-state index is 10.9. The third-order valence-electron chi connectivity index (χ3n) is 2.92. The van der Waals surface area contributed by atoms with Gasteiger partial charge in [-0.15, -0.1) is 0 Å². The number of rotatable bonds is 6. The van der Waals surface area contributed by atoms with Crippen molar-refractivity contribution in [1.29, 1.82) is 0 Å². The minimum Gasteiger partial charge on any atom is -0.376 e. The number of amides is 1. The molecule has 0 aliphatic rings. The number of hydrogen-bond acceptors (Lipinski definition) is 2. The van der Waals surface area contributed by atoms with Gasteiger partial charge in [-0.3, -0.25) is 4.79 Å². The van der Waals surface area contributed by atoms with E-state index in [4.69, 9.17) is 4.74 Å². The number of benzene rings is 2. The van der Waals surface area contributed by atoms with Crippen LogP contribution in [0.4, 0.5) is 5.69 Å². The largest absolute Gasteiger partial charge is 0.376 e. The summed E-state index contributed by atoms with van der Waals surface area (Å²) in [7, 11) is 0. The Kier molecular flexibility index (Phi) is 5.33. The van der Waals surface area contributed by atoms with E-state index in [1.165, 1.54) is 18.1 Å². The van der Waals surface area contributed by atoms with Gasteiger partial charge >= 0.3 is 0 Å². The Labute approximate surface area is 119 Å². The summed E-state index contributed by atoms with van der Waals surface area (Å²) in [6.45, 7) is 2.84. The van der Waals surface area contributed by atoms with Crippen LogP contribution in [0.5, 0.6) is 0 Å². The highest BCUT2D eigenvalue weighted by molar-refractivity contribution is 5.88. The van der Waals surface area contributed by atoms with Gasteiger partial charge in [0.05, 0.1) is 13.2 Å². The van der Waals surface area contributed by atoms with Crippen molar-refractivity contribution >= 4 is 11.6 Å². The van der Waals surface area contributed by atoms with Gasteiger partial charge in [-0.1, -0.05) is 42.5 Å². The third-order valence-corrected chi connectivity index (χ3v) is 2.92. The van der Waals surface area contributed by atoms with Crippen molar-refractivity contribution in [3.63, 3.8) is 0 Å². The Bertz CT molecular complexity index is 535.